The van der Waals surface area contributed by atoms with Crippen molar-refractivity contribution in [3.8, 4) is 11.5 Å². The molecule has 192 valence electrons. The highest BCUT2D eigenvalue weighted by Gasteiger charge is 2.48. The minimum absolute atomic E-state index is 0.247. The van der Waals surface area contributed by atoms with Crippen LogP contribution in [0.3, 0.4) is 0 Å². The zero-order valence-electron chi connectivity index (χ0n) is 21.7. The molecule has 5 atom stereocenters. The van der Waals surface area contributed by atoms with Crippen LogP contribution in [0.15, 0.2) is 43.5 Å². The SMILES string of the molecule is C=CC(=O)OC(C)COc1c2c(c(OCC(C)OC(=O)C=C)c3cc(CC)ccc13)C1CCC2C1C. The molecule has 0 heterocycles. The van der Waals surface area contributed by atoms with Gasteiger partial charge < -0.3 is 18.9 Å². The topological polar surface area (TPSA) is 71.1 Å². The Morgan fingerprint density at radius 2 is 1.42 bits per heavy atom. The molecule has 0 aromatic heterocycles. The minimum Gasteiger partial charge on any atom is -0.489 e. The predicted molar refractivity (Wildman–Crippen MR) is 140 cm³/mol. The molecule has 5 unspecified atom stereocenters. The third-order valence-electron chi connectivity index (χ3n) is 7.45. The molecule has 6 nitrogen and oxygen atoms in total. The Labute approximate surface area is 213 Å². The van der Waals surface area contributed by atoms with E-state index in [1.54, 1.807) is 0 Å². The zero-order chi connectivity index (χ0) is 26.0. The molecule has 2 bridgehead atoms. The lowest BCUT2D eigenvalue weighted by Crippen LogP contribution is -2.22. The number of aryl methyl sites for hydroxylation is 1. The van der Waals surface area contributed by atoms with Crippen LogP contribution in [0.5, 0.6) is 11.5 Å². The summed E-state index contributed by atoms with van der Waals surface area (Å²) in [5.74, 6) is 2.07. The molecule has 2 aliphatic carbocycles. The Morgan fingerprint density at radius 3 is 1.89 bits per heavy atom. The molecule has 0 aliphatic heterocycles. The first kappa shape index (κ1) is 25.8. The van der Waals surface area contributed by atoms with E-state index in [4.69, 9.17) is 18.9 Å². The highest BCUT2D eigenvalue weighted by Crippen LogP contribution is 2.63. The Balaban J connectivity index is 1.78. The van der Waals surface area contributed by atoms with Gasteiger partial charge in [0.1, 0.15) is 36.9 Å². The monoisotopic (exact) mass is 492 g/mol. The molecular formula is C30H36O6. The number of carbonyl (C=O) groups is 2. The molecule has 1 fully saturated rings. The average Bonchev–Trinajstić information content (AvgIpc) is 3.37. The van der Waals surface area contributed by atoms with Crippen molar-refractivity contribution in [2.45, 2.75) is 71.0 Å². The van der Waals surface area contributed by atoms with Gasteiger partial charge in [-0.25, -0.2) is 9.59 Å². The predicted octanol–water partition coefficient (Wildman–Crippen LogP) is 6.01. The Bertz CT molecular complexity index is 1180. The smallest absolute Gasteiger partial charge is 0.330 e. The van der Waals surface area contributed by atoms with Crippen molar-refractivity contribution >= 4 is 22.7 Å². The van der Waals surface area contributed by atoms with E-state index in [2.05, 4.69) is 45.2 Å². The summed E-state index contributed by atoms with van der Waals surface area (Å²) in [5, 5.41) is 1.99. The summed E-state index contributed by atoms with van der Waals surface area (Å²) in [6.07, 6.45) is 4.62. The van der Waals surface area contributed by atoms with Crippen LogP contribution < -0.4 is 9.47 Å². The lowest BCUT2D eigenvalue weighted by molar-refractivity contribution is -0.144. The van der Waals surface area contributed by atoms with Crippen LogP contribution in [-0.2, 0) is 25.5 Å². The molecule has 6 heteroatoms. The number of ether oxygens (including phenoxy) is 4. The van der Waals surface area contributed by atoms with E-state index < -0.39 is 24.1 Å². The van der Waals surface area contributed by atoms with E-state index in [1.807, 2.05) is 13.8 Å². The first-order valence-corrected chi connectivity index (χ1v) is 12.8. The van der Waals surface area contributed by atoms with Crippen molar-refractivity contribution in [2.75, 3.05) is 13.2 Å². The molecule has 0 saturated heterocycles. The Kier molecular flexibility index (Phi) is 7.72. The van der Waals surface area contributed by atoms with Gasteiger partial charge in [0, 0.05) is 34.1 Å². The highest BCUT2D eigenvalue weighted by molar-refractivity contribution is 5.97. The van der Waals surface area contributed by atoms with Crippen molar-refractivity contribution in [3.05, 3.63) is 60.2 Å². The molecule has 0 amide bonds. The lowest BCUT2D eigenvalue weighted by atomic mass is 9.86. The van der Waals surface area contributed by atoms with Crippen molar-refractivity contribution < 1.29 is 28.5 Å². The molecule has 2 aromatic carbocycles. The molecular weight excluding hydrogens is 456 g/mol. The van der Waals surface area contributed by atoms with Gasteiger partial charge in [-0.3, -0.25) is 0 Å². The van der Waals surface area contributed by atoms with Crippen LogP contribution >= 0.6 is 0 Å². The van der Waals surface area contributed by atoms with Crippen LogP contribution in [0.4, 0.5) is 0 Å². The van der Waals surface area contributed by atoms with Gasteiger partial charge in [-0.2, -0.15) is 0 Å². The number of esters is 2. The van der Waals surface area contributed by atoms with E-state index in [0.29, 0.717) is 17.8 Å². The standard InChI is InChI=1S/C30H36O6/c1-7-20-10-11-23-24(14-20)30(34-16-18(5)36-26(32)9-3)28-22-13-12-21(19(22)6)27(28)29(23)33-15-17(4)35-25(31)8-2/h8-11,14,17-19,21-22H,2-3,7,12-13,15-16H2,1,4-6H3. The van der Waals surface area contributed by atoms with Crippen molar-refractivity contribution in [2.24, 2.45) is 5.92 Å². The maximum Gasteiger partial charge on any atom is 0.330 e. The first-order valence-electron chi connectivity index (χ1n) is 12.8. The van der Waals surface area contributed by atoms with Gasteiger partial charge in [0.15, 0.2) is 0 Å². The second kappa shape index (κ2) is 10.8. The summed E-state index contributed by atoms with van der Waals surface area (Å²) in [4.78, 5) is 23.3. The number of fused-ring (bicyclic) bond motifs is 6. The maximum absolute atomic E-state index is 11.7. The summed E-state index contributed by atoms with van der Waals surface area (Å²) >= 11 is 0. The third-order valence-corrected chi connectivity index (χ3v) is 7.45. The molecule has 0 spiro atoms. The van der Waals surface area contributed by atoms with Crippen molar-refractivity contribution in [1.29, 1.82) is 0 Å². The van der Waals surface area contributed by atoms with Crippen LogP contribution in [0.1, 0.15) is 69.1 Å². The summed E-state index contributed by atoms with van der Waals surface area (Å²) in [5.41, 5.74) is 3.63. The van der Waals surface area contributed by atoms with Crippen LogP contribution in [0, 0.1) is 5.92 Å². The summed E-state index contributed by atoms with van der Waals surface area (Å²) in [7, 11) is 0. The maximum atomic E-state index is 11.7. The molecule has 0 N–H and O–H groups in total. The van der Waals surface area contributed by atoms with E-state index >= 15 is 0 Å². The molecule has 1 saturated carbocycles. The Hall–Kier alpha value is -3.28. The second-order valence-corrected chi connectivity index (χ2v) is 9.89. The summed E-state index contributed by atoms with van der Waals surface area (Å²) < 4.78 is 23.6. The third kappa shape index (κ3) is 4.86. The second-order valence-electron chi connectivity index (χ2n) is 9.89. The molecule has 0 radical (unpaired) electrons. The van der Waals surface area contributed by atoms with Crippen molar-refractivity contribution in [1.82, 2.24) is 0 Å². The number of hydrogen-bond acceptors (Lipinski definition) is 6. The Morgan fingerprint density at radius 1 is 0.917 bits per heavy atom. The van der Waals surface area contributed by atoms with Gasteiger partial charge in [0.05, 0.1) is 0 Å². The van der Waals surface area contributed by atoms with Crippen LogP contribution in [0.2, 0.25) is 0 Å². The molecule has 36 heavy (non-hydrogen) atoms. The molecule has 2 aliphatic rings. The van der Waals surface area contributed by atoms with E-state index in [9.17, 15) is 9.59 Å². The van der Waals surface area contributed by atoms with Crippen LogP contribution in [0.25, 0.3) is 10.8 Å². The quantitative estimate of drug-likeness (QED) is 0.283. The molecule has 4 rings (SSSR count). The fraction of sp³-hybridized carbons (Fsp3) is 0.467. The van der Waals surface area contributed by atoms with Gasteiger partial charge in [0.2, 0.25) is 0 Å². The summed E-state index contributed by atoms with van der Waals surface area (Å²) in [6, 6.07) is 6.41. The largest absolute Gasteiger partial charge is 0.489 e. The van der Waals surface area contributed by atoms with Gasteiger partial charge in [-0.1, -0.05) is 39.1 Å². The van der Waals surface area contributed by atoms with Gasteiger partial charge in [-0.05, 0) is 62.5 Å². The number of rotatable bonds is 11. The fourth-order valence-electron chi connectivity index (χ4n) is 5.72. The van der Waals surface area contributed by atoms with Gasteiger partial charge >= 0.3 is 11.9 Å². The van der Waals surface area contributed by atoms with E-state index in [1.165, 1.54) is 16.7 Å². The average molecular weight is 493 g/mol. The summed E-state index contributed by atoms with van der Waals surface area (Å²) in [6.45, 7) is 15.5. The van der Waals surface area contributed by atoms with E-state index in [0.717, 1.165) is 53.7 Å². The van der Waals surface area contributed by atoms with E-state index in [-0.39, 0.29) is 13.2 Å². The minimum atomic E-state index is -0.462. The number of carbonyl (C=O) groups excluding carboxylic acids is 2. The van der Waals surface area contributed by atoms with Crippen molar-refractivity contribution in [3.63, 3.8) is 0 Å². The molecule has 2 aromatic rings. The number of benzene rings is 2. The van der Waals surface area contributed by atoms with Gasteiger partial charge in [-0.15, -0.1) is 0 Å². The zero-order valence-corrected chi connectivity index (χ0v) is 21.7. The fourth-order valence-corrected chi connectivity index (χ4v) is 5.72. The van der Waals surface area contributed by atoms with Gasteiger partial charge in [0.25, 0.3) is 0 Å². The normalized spacial score (nSPS) is 21.4. The highest BCUT2D eigenvalue weighted by atomic mass is 16.6. The van der Waals surface area contributed by atoms with Crippen LogP contribution in [-0.4, -0.2) is 37.4 Å². The first-order chi connectivity index (χ1) is 17.3. The number of hydrogen-bond donors (Lipinski definition) is 0. The lowest BCUT2D eigenvalue weighted by Gasteiger charge is -2.26.